The first-order valence-corrected chi connectivity index (χ1v) is 14.3. The molecule has 0 spiro atoms. The molecule has 1 N–H and O–H groups in total. The summed E-state index contributed by atoms with van der Waals surface area (Å²) in [5.41, 5.74) is 3.01. The lowest BCUT2D eigenvalue weighted by molar-refractivity contribution is 0.148. The first kappa shape index (κ1) is 29.8. The van der Waals surface area contributed by atoms with Crippen LogP contribution in [-0.2, 0) is 13.0 Å². The summed E-state index contributed by atoms with van der Waals surface area (Å²) in [4.78, 5) is 20.0. The average Bonchev–Trinajstić information content (AvgIpc) is 2.93. The molecule has 1 fully saturated rings. The summed E-state index contributed by atoms with van der Waals surface area (Å²) in [6, 6.07) is 7.33. The van der Waals surface area contributed by atoms with Gasteiger partial charge in [0.2, 0.25) is 5.95 Å². The number of benzene rings is 1. The van der Waals surface area contributed by atoms with Gasteiger partial charge in [-0.05, 0) is 56.5 Å². The van der Waals surface area contributed by atoms with Gasteiger partial charge in [-0.2, -0.15) is 0 Å². The van der Waals surface area contributed by atoms with Crippen molar-refractivity contribution in [3.8, 4) is 11.3 Å². The Balaban J connectivity index is 0.00000181. The highest BCUT2D eigenvalue weighted by Crippen LogP contribution is 2.41. The summed E-state index contributed by atoms with van der Waals surface area (Å²) in [6.07, 6.45) is 3.59. The van der Waals surface area contributed by atoms with E-state index in [1.165, 1.54) is 6.07 Å². The molecule has 0 amide bonds. The minimum absolute atomic E-state index is 0.0517. The van der Waals surface area contributed by atoms with Gasteiger partial charge in [0.1, 0.15) is 17.3 Å². The SMILES string of the molecule is CC.CC(C)N1CC(C)(C)Cc2c(F)cc(-c3nc(Nc4ccc(CN5CCN(C)CC5)cn4)ncc3F)cc21. The molecule has 0 saturated carbocycles. The number of halogens is 2. The molecule has 7 nitrogen and oxygen atoms in total. The first-order valence-electron chi connectivity index (χ1n) is 14.3. The Labute approximate surface area is 237 Å². The number of nitrogens with one attached hydrogen (secondary N) is 1. The van der Waals surface area contributed by atoms with Crippen LogP contribution in [0.15, 0.2) is 36.7 Å². The molecule has 0 aliphatic carbocycles. The van der Waals surface area contributed by atoms with Crippen molar-refractivity contribution in [1.82, 2.24) is 24.8 Å². The van der Waals surface area contributed by atoms with E-state index in [0.717, 1.165) is 56.7 Å². The maximum absolute atomic E-state index is 15.4. The second-order valence-corrected chi connectivity index (χ2v) is 11.7. The van der Waals surface area contributed by atoms with Gasteiger partial charge in [0, 0.05) is 68.3 Å². The molecule has 9 heteroatoms. The summed E-state index contributed by atoms with van der Waals surface area (Å²) >= 11 is 0. The van der Waals surface area contributed by atoms with Gasteiger partial charge in [0.15, 0.2) is 5.82 Å². The second kappa shape index (κ2) is 12.6. The Morgan fingerprint density at radius 1 is 0.975 bits per heavy atom. The fraction of sp³-hybridized carbons (Fsp3) is 0.516. The molecule has 2 aromatic heterocycles. The molecule has 0 unspecified atom stereocenters. The van der Waals surface area contributed by atoms with Crippen molar-refractivity contribution in [2.75, 3.05) is 50.0 Å². The fourth-order valence-corrected chi connectivity index (χ4v) is 5.33. The molecule has 5 rings (SSSR count). The number of aromatic nitrogens is 3. The molecule has 0 atom stereocenters. The number of fused-ring (bicyclic) bond motifs is 1. The largest absolute Gasteiger partial charge is 0.368 e. The molecule has 2 aliphatic heterocycles. The zero-order chi connectivity index (χ0) is 29.0. The van der Waals surface area contributed by atoms with Gasteiger partial charge < -0.3 is 15.1 Å². The van der Waals surface area contributed by atoms with E-state index in [4.69, 9.17) is 0 Å². The zero-order valence-electron chi connectivity index (χ0n) is 24.9. The monoisotopic (exact) mass is 551 g/mol. The molecule has 4 heterocycles. The van der Waals surface area contributed by atoms with Crippen LogP contribution >= 0.6 is 0 Å². The summed E-state index contributed by atoms with van der Waals surface area (Å²) < 4.78 is 30.3. The average molecular weight is 552 g/mol. The number of anilines is 3. The quantitative estimate of drug-likeness (QED) is 0.395. The number of rotatable bonds is 6. The maximum atomic E-state index is 15.4. The molecule has 1 aromatic carbocycles. The van der Waals surface area contributed by atoms with Gasteiger partial charge in [-0.3, -0.25) is 4.90 Å². The number of likely N-dealkylation sites (N-methyl/N-ethyl adjacent to an activating group) is 1. The van der Waals surface area contributed by atoms with Crippen molar-refractivity contribution in [3.63, 3.8) is 0 Å². The normalized spacial score (nSPS) is 17.3. The van der Waals surface area contributed by atoms with Crippen molar-refractivity contribution in [3.05, 3.63) is 59.4 Å². The lowest BCUT2D eigenvalue weighted by atomic mass is 9.80. The summed E-state index contributed by atoms with van der Waals surface area (Å²) in [5.74, 6) is -0.158. The molecule has 3 aromatic rings. The van der Waals surface area contributed by atoms with Crippen LogP contribution in [0.25, 0.3) is 11.3 Å². The Hall–Kier alpha value is -3.17. The predicted octanol–water partition coefficient (Wildman–Crippen LogP) is 6.13. The molecule has 0 radical (unpaired) electrons. The standard InChI is InChI=1S/C29H37F2N7.C2H6/c1-19(2)38-18-29(3,4)14-22-23(30)12-21(13-25(22)38)27-24(31)16-33-28(35-27)34-26-7-6-20(15-32-26)17-37-10-8-36(5)9-11-37;1-2/h6-7,12-13,15-16,19H,8-11,14,17-18H2,1-5H3,(H,32,33,34,35);1-2H3. The number of piperazine rings is 1. The van der Waals surface area contributed by atoms with Gasteiger partial charge >= 0.3 is 0 Å². The van der Waals surface area contributed by atoms with Crippen LogP contribution in [0.1, 0.15) is 52.7 Å². The van der Waals surface area contributed by atoms with Crippen molar-refractivity contribution in [2.45, 2.75) is 60.5 Å². The third-order valence-electron chi connectivity index (χ3n) is 7.44. The van der Waals surface area contributed by atoms with Gasteiger partial charge in [-0.15, -0.1) is 0 Å². The highest BCUT2D eigenvalue weighted by molar-refractivity contribution is 5.71. The topological polar surface area (TPSA) is 60.4 Å². The summed E-state index contributed by atoms with van der Waals surface area (Å²) in [7, 11) is 2.14. The third-order valence-corrected chi connectivity index (χ3v) is 7.44. The van der Waals surface area contributed by atoms with Gasteiger partial charge in [-0.25, -0.2) is 23.7 Å². The smallest absolute Gasteiger partial charge is 0.229 e. The molecular formula is C31H43F2N7. The van der Waals surface area contributed by atoms with Gasteiger partial charge in [0.05, 0.1) is 6.20 Å². The third kappa shape index (κ3) is 6.93. The Kier molecular flexibility index (Phi) is 9.36. The van der Waals surface area contributed by atoms with E-state index in [2.05, 4.69) is 69.7 Å². The number of hydrogen-bond donors (Lipinski definition) is 1. The van der Waals surface area contributed by atoms with Crippen LogP contribution in [0.5, 0.6) is 0 Å². The van der Waals surface area contributed by atoms with E-state index >= 15 is 4.39 Å². The van der Waals surface area contributed by atoms with Crippen molar-refractivity contribution >= 4 is 17.5 Å². The van der Waals surface area contributed by atoms with Crippen LogP contribution in [0.3, 0.4) is 0 Å². The Bertz CT molecular complexity index is 1290. The van der Waals surface area contributed by atoms with Gasteiger partial charge in [0.25, 0.3) is 0 Å². The van der Waals surface area contributed by atoms with Crippen LogP contribution in [-0.4, -0.2) is 70.6 Å². The van der Waals surface area contributed by atoms with Crippen molar-refractivity contribution in [2.24, 2.45) is 5.41 Å². The lowest BCUT2D eigenvalue weighted by Crippen LogP contribution is -2.44. The van der Waals surface area contributed by atoms with Crippen LogP contribution in [0.4, 0.5) is 26.2 Å². The molecular weight excluding hydrogens is 508 g/mol. The minimum Gasteiger partial charge on any atom is -0.368 e. The Morgan fingerprint density at radius 2 is 1.70 bits per heavy atom. The van der Waals surface area contributed by atoms with E-state index in [-0.39, 0.29) is 28.9 Å². The lowest BCUT2D eigenvalue weighted by Gasteiger charge is -2.43. The summed E-state index contributed by atoms with van der Waals surface area (Å²) in [5, 5.41) is 3.07. The molecule has 2 aliphatic rings. The molecule has 0 bridgehead atoms. The molecule has 40 heavy (non-hydrogen) atoms. The highest BCUT2D eigenvalue weighted by atomic mass is 19.1. The molecule has 216 valence electrons. The number of nitrogens with zero attached hydrogens (tertiary/aromatic N) is 6. The predicted molar refractivity (Wildman–Crippen MR) is 159 cm³/mol. The molecule has 1 saturated heterocycles. The highest BCUT2D eigenvalue weighted by Gasteiger charge is 2.34. The zero-order valence-corrected chi connectivity index (χ0v) is 24.9. The van der Waals surface area contributed by atoms with Crippen molar-refractivity contribution < 1.29 is 8.78 Å². The van der Waals surface area contributed by atoms with Crippen molar-refractivity contribution in [1.29, 1.82) is 0 Å². The van der Waals surface area contributed by atoms with Gasteiger partial charge in [-0.1, -0.05) is 33.8 Å². The first-order chi connectivity index (χ1) is 19.1. The van der Waals surface area contributed by atoms with E-state index in [0.29, 0.717) is 23.4 Å². The minimum atomic E-state index is -0.599. The van der Waals surface area contributed by atoms with Crippen LogP contribution < -0.4 is 10.2 Å². The fourth-order valence-electron chi connectivity index (χ4n) is 5.33. The van der Waals surface area contributed by atoms with Crippen LogP contribution in [0, 0.1) is 17.0 Å². The number of hydrogen-bond acceptors (Lipinski definition) is 7. The van der Waals surface area contributed by atoms with Crippen LogP contribution in [0.2, 0.25) is 0 Å². The second-order valence-electron chi connectivity index (χ2n) is 11.7. The summed E-state index contributed by atoms with van der Waals surface area (Å²) in [6.45, 7) is 18.3. The Morgan fingerprint density at radius 3 is 2.35 bits per heavy atom. The van der Waals surface area contributed by atoms with E-state index in [1.54, 1.807) is 0 Å². The maximum Gasteiger partial charge on any atom is 0.229 e. The van der Waals surface area contributed by atoms with E-state index < -0.39 is 5.82 Å². The van der Waals surface area contributed by atoms with E-state index in [1.807, 2.05) is 38.2 Å². The van der Waals surface area contributed by atoms with E-state index in [9.17, 15) is 4.39 Å². The number of pyridine rings is 1.